The summed E-state index contributed by atoms with van der Waals surface area (Å²) in [5, 5.41) is 26.1. The number of nitrogens with one attached hydrogen (secondary N) is 3. The fourth-order valence-electron chi connectivity index (χ4n) is 10.3. The molecule has 0 unspecified atom stereocenters. The number of hydrogen-bond donors (Lipinski definition) is 4. The molecule has 4 aliphatic rings. The highest BCUT2D eigenvalue weighted by atomic mass is 32.2. The molecule has 2 aliphatic carbocycles. The minimum Gasteiger partial charge on any atom is -0.455 e. The molecule has 15 nitrogen and oxygen atoms in total. The minimum atomic E-state index is -4.68. The number of benzene rings is 2. The molecule has 2 aliphatic heterocycles. The van der Waals surface area contributed by atoms with E-state index in [1.165, 1.54) is 24.4 Å². The number of carbonyl (C=O) groups excluding carboxylic acids is 1. The number of aliphatic hydroxyl groups is 1. The Kier molecular flexibility index (Phi) is 11.8. The molecule has 1 spiro atoms. The standard InChI is InChI=1S/C46H51F3N8O7S/c1-44(59)13-10-29(11-14-44)26-51-42-39(57(60)61)23-34(28-53-42)65(62,63)54-43(58)36-9-8-31(22-40(36)64-33-21-30-12-17-50-41(30)52-27-33)55-19-15-45(16-20-55)24-32(25-45)56-18-4-7-38(56)35-5-2-3-6-37(35)46(47,48)49/h2-3,5-6,8-9,12,17,21-23,27-29,32,38,59H,4,7,10-11,13-16,18-20,24-26H2,1H3,(H,50,52)(H,51,53)(H,54,58)/t29?,38-,44?/m0/s1. The van der Waals surface area contributed by atoms with Crippen LogP contribution in [0.1, 0.15) is 98.7 Å². The van der Waals surface area contributed by atoms with Gasteiger partial charge in [0, 0.05) is 61.1 Å². The lowest BCUT2D eigenvalue weighted by Gasteiger charge is -2.56. The SMILES string of the molecule is CC1(O)CCC(CNc2ncc(S(=O)(=O)NC(=O)c3ccc(N4CCC5(CC4)CC(N4CCC[C@H]4c4ccccc4C(F)(F)F)C5)cc3Oc3cnc4[nH]ccc4c3)cc2[N+](=O)[O-])CC1. The molecular weight excluding hydrogens is 866 g/mol. The maximum absolute atomic E-state index is 14.0. The van der Waals surface area contributed by atoms with E-state index in [9.17, 15) is 41.6 Å². The molecule has 0 radical (unpaired) electrons. The van der Waals surface area contributed by atoms with E-state index in [1.807, 2.05) is 4.72 Å². The van der Waals surface area contributed by atoms with Crippen molar-refractivity contribution in [3.63, 3.8) is 0 Å². The maximum atomic E-state index is 14.0. The quantitative estimate of drug-likeness (QED) is 0.0688. The first-order chi connectivity index (χ1) is 31.0. The number of nitrogens with zero attached hydrogens (tertiary/aromatic N) is 5. The maximum Gasteiger partial charge on any atom is 0.416 e. The number of sulfonamides is 1. The van der Waals surface area contributed by atoms with E-state index >= 15 is 0 Å². The Labute approximate surface area is 374 Å². The van der Waals surface area contributed by atoms with E-state index in [1.54, 1.807) is 49.5 Å². The third-order valence-corrected chi connectivity index (χ3v) is 15.3. The number of anilines is 2. The van der Waals surface area contributed by atoms with Gasteiger partial charge in [0.25, 0.3) is 15.9 Å². The zero-order valence-corrected chi connectivity index (χ0v) is 36.6. The Bertz CT molecular complexity index is 2700. The number of pyridine rings is 2. The first kappa shape index (κ1) is 44.4. The lowest BCUT2D eigenvalue weighted by molar-refractivity contribution is -0.384. The van der Waals surface area contributed by atoms with Gasteiger partial charge in [-0.2, -0.15) is 13.2 Å². The summed E-state index contributed by atoms with van der Waals surface area (Å²) in [6.07, 6.45) is 7.46. The second kappa shape index (κ2) is 17.2. The van der Waals surface area contributed by atoms with E-state index in [4.69, 9.17) is 4.74 Å². The van der Waals surface area contributed by atoms with Gasteiger partial charge in [0.2, 0.25) is 5.82 Å². The Balaban J connectivity index is 0.895. The third kappa shape index (κ3) is 9.36. The first-order valence-electron chi connectivity index (χ1n) is 22.1. The molecule has 4 fully saturated rings. The number of hydrogen-bond acceptors (Lipinski definition) is 12. The summed E-state index contributed by atoms with van der Waals surface area (Å²) in [5.74, 6) is -0.644. The average Bonchev–Trinajstić information content (AvgIpc) is 3.95. The van der Waals surface area contributed by atoms with Crippen molar-refractivity contribution in [3.05, 3.63) is 106 Å². The second-order valence-electron chi connectivity index (χ2n) is 18.5. The van der Waals surface area contributed by atoms with Crippen molar-refractivity contribution in [2.45, 2.75) is 99.9 Å². The highest BCUT2D eigenvalue weighted by Gasteiger charge is 2.50. The minimum absolute atomic E-state index is 0.0583. The third-order valence-electron chi connectivity index (χ3n) is 14.0. The summed E-state index contributed by atoms with van der Waals surface area (Å²) < 4.78 is 77.6. The Morgan fingerprint density at radius 3 is 2.49 bits per heavy atom. The number of likely N-dealkylation sites (tertiary alicyclic amines) is 1. The number of fused-ring (bicyclic) bond motifs is 1. The van der Waals surface area contributed by atoms with Crippen LogP contribution >= 0.6 is 0 Å². The van der Waals surface area contributed by atoms with Gasteiger partial charge in [0.1, 0.15) is 22.0 Å². The molecule has 65 heavy (non-hydrogen) atoms. The highest BCUT2D eigenvalue weighted by Crippen LogP contribution is 2.54. The Hall–Kier alpha value is -5.79. The van der Waals surface area contributed by atoms with Crippen LogP contribution in [-0.4, -0.2) is 82.0 Å². The Morgan fingerprint density at radius 1 is 1.00 bits per heavy atom. The first-order valence-corrected chi connectivity index (χ1v) is 23.5. The van der Waals surface area contributed by atoms with Crippen molar-refractivity contribution < 1.29 is 41.2 Å². The number of ether oxygens (including phenoxy) is 1. The van der Waals surface area contributed by atoms with Crippen molar-refractivity contribution in [1.82, 2.24) is 24.6 Å². The smallest absolute Gasteiger partial charge is 0.416 e. The number of alkyl halides is 3. The number of aromatic amines is 1. The van der Waals surface area contributed by atoms with Gasteiger partial charge in [-0.1, -0.05) is 18.2 Å². The van der Waals surface area contributed by atoms with Gasteiger partial charge in [-0.3, -0.25) is 19.8 Å². The summed E-state index contributed by atoms with van der Waals surface area (Å²) in [4.78, 5) is 40.6. The summed E-state index contributed by atoms with van der Waals surface area (Å²) in [6.45, 7) is 4.27. The Morgan fingerprint density at radius 2 is 1.75 bits per heavy atom. The average molecular weight is 917 g/mol. The molecule has 9 rings (SSSR count). The van der Waals surface area contributed by atoms with E-state index in [2.05, 4.69) is 30.1 Å². The van der Waals surface area contributed by atoms with Crippen LogP contribution in [-0.2, 0) is 16.2 Å². The van der Waals surface area contributed by atoms with Crippen LogP contribution in [0.3, 0.4) is 0 Å². The summed E-state index contributed by atoms with van der Waals surface area (Å²) in [5.41, 5.74) is -0.195. The molecule has 1 atom stereocenters. The largest absolute Gasteiger partial charge is 0.455 e. The molecule has 2 saturated heterocycles. The van der Waals surface area contributed by atoms with Crippen molar-refractivity contribution in [2.75, 3.05) is 36.4 Å². The van der Waals surface area contributed by atoms with Crippen LogP contribution < -0.4 is 19.7 Å². The fourth-order valence-corrected chi connectivity index (χ4v) is 11.3. The summed E-state index contributed by atoms with van der Waals surface area (Å²) in [6, 6.07) is 15.1. The molecule has 2 saturated carbocycles. The van der Waals surface area contributed by atoms with Crippen LogP contribution in [0, 0.1) is 21.4 Å². The summed E-state index contributed by atoms with van der Waals surface area (Å²) in [7, 11) is -4.68. The topological polar surface area (TPSA) is 196 Å². The van der Waals surface area contributed by atoms with Gasteiger partial charge in [0.05, 0.1) is 34.0 Å². The van der Waals surface area contributed by atoms with Crippen molar-refractivity contribution in [1.29, 1.82) is 0 Å². The van der Waals surface area contributed by atoms with Crippen molar-refractivity contribution >= 4 is 44.2 Å². The molecule has 1 amide bonds. The predicted octanol–water partition coefficient (Wildman–Crippen LogP) is 8.74. The molecule has 5 aromatic rings. The summed E-state index contributed by atoms with van der Waals surface area (Å²) >= 11 is 0. The van der Waals surface area contributed by atoms with E-state index in [0.29, 0.717) is 68.7 Å². The number of nitro groups is 1. The van der Waals surface area contributed by atoms with Gasteiger partial charge in [-0.05, 0) is 125 Å². The molecule has 3 aromatic heterocycles. The normalized spacial score (nSPS) is 22.8. The van der Waals surface area contributed by atoms with Crippen LogP contribution in [0.15, 0.2) is 84.1 Å². The molecule has 0 bridgehead atoms. The number of piperidine rings is 1. The number of aromatic nitrogens is 3. The molecule has 19 heteroatoms. The van der Waals surface area contributed by atoms with Crippen molar-refractivity contribution in [3.8, 4) is 11.5 Å². The predicted molar refractivity (Wildman–Crippen MR) is 236 cm³/mol. The van der Waals surface area contributed by atoms with Gasteiger partial charge in [-0.15, -0.1) is 0 Å². The van der Waals surface area contributed by atoms with Crippen molar-refractivity contribution in [2.24, 2.45) is 11.3 Å². The zero-order valence-electron chi connectivity index (χ0n) is 35.8. The van der Waals surface area contributed by atoms with E-state index in [0.717, 1.165) is 62.0 Å². The van der Waals surface area contributed by atoms with Crippen LogP contribution in [0.2, 0.25) is 0 Å². The van der Waals surface area contributed by atoms with Crippen LogP contribution in [0.5, 0.6) is 11.5 Å². The number of carbonyl (C=O) groups is 1. The molecule has 5 heterocycles. The lowest BCUT2D eigenvalue weighted by Crippen LogP contribution is -2.55. The number of amides is 1. The second-order valence-corrected chi connectivity index (χ2v) is 20.1. The van der Waals surface area contributed by atoms with Crippen LogP contribution in [0.4, 0.5) is 30.4 Å². The van der Waals surface area contributed by atoms with E-state index < -0.39 is 48.8 Å². The molecule has 2 aromatic carbocycles. The highest BCUT2D eigenvalue weighted by molar-refractivity contribution is 7.90. The van der Waals surface area contributed by atoms with E-state index in [-0.39, 0.29) is 40.5 Å². The monoisotopic (exact) mass is 916 g/mol. The number of H-pyrrole nitrogens is 1. The fraction of sp³-hybridized carbons (Fsp3) is 0.457. The lowest BCUT2D eigenvalue weighted by atomic mass is 9.59. The van der Waals surface area contributed by atoms with Gasteiger partial charge in [0.15, 0.2) is 0 Å². The van der Waals surface area contributed by atoms with Gasteiger partial charge >= 0.3 is 11.9 Å². The molecular formula is C46H51F3N8O7S. The van der Waals surface area contributed by atoms with Gasteiger partial charge in [-0.25, -0.2) is 23.1 Å². The van der Waals surface area contributed by atoms with Crippen LogP contribution in [0.25, 0.3) is 11.0 Å². The number of halogens is 3. The molecule has 4 N–H and O–H groups in total. The molecule has 344 valence electrons. The number of rotatable bonds is 12. The van der Waals surface area contributed by atoms with Gasteiger partial charge < -0.3 is 25.0 Å². The zero-order chi connectivity index (χ0) is 45.7.